The van der Waals surface area contributed by atoms with Gasteiger partial charge in [0.05, 0.1) is 18.6 Å². The van der Waals surface area contributed by atoms with Crippen LogP contribution >= 0.6 is 0 Å². The molecule has 2 aromatic carbocycles. The molecule has 0 unspecified atom stereocenters. The van der Waals surface area contributed by atoms with Crippen molar-refractivity contribution in [2.24, 2.45) is 0 Å². The molecule has 2 atom stereocenters. The highest BCUT2D eigenvalue weighted by Gasteiger charge is 2.45. The van der Waals surface area contributed by atoms with Crippen LogP contribution in [0.3, 0.4) is 0 Å². The average Bonchev–Trinajstić information content (AvgIpc) is 3.28. The van der Waals surface area contributed by atoms with Crippen molar-refractivity contribution in [1.82, 2.24) is 10.2 Å². The van der Waals surface area contributed by atoms with E-state index >= 15 is 0 Å². The fourth-order valence-corrected chi connectivity index (χ4v) is 4.83. The van der Waals surface area contributed by atoms with Gasteiger partial charge in [-0.25, -0.2) is 0 Å². The van der Waals surface area contributed by atoms with Gasteiger partial charge in [-0.1, -0.05) is 61.4 Å². The van der Waals surface area contributed by atoms with Gasteiger partial charge in [0.2, 0.25) is 5.91 Å². The van der Waals surface area contributed by atoms with E-state index in [1.165, 1.54) is 5.56 Å². The summed E-state index contributed by atoms with van der Waals surface area (Å²) >= 11 is 0. The number of amides is 2. The molecule has 2 aromatic rings. The number of rotatable bonds is 6. The number of carbonyl (C=O) groups is 2. The first-order valence-electron chi connectivity index (χ1n) is 10.5. The predicted octanol–water partition coefficient (Wildman–Crippen LogP) is 2.89. The summed E-state index contributed by atoms with van der Waals surface area (Å²) < 4.78 is 0. The maximum absolute atomic E-state index is 13.2. The molecular formula is C24H28N2O3. The molecule has 0 aromatic heterocycles. The van der Waals surface area contributed by atoms with E-state index in [0.29, 0.717) is 12.1 Å². The van der Waals surface area contributed by atoms with Crippen molar-refractivity contribution < 1.29 is 14.7 Å². The number of aliphatic hydroxyl groups is 1. The maximum atomic E-state index is 13.2. The second-order valence-electron chi connectivity index (χ2n) is 7.99. The molecule has 152 valence electrons. The third-order valence-electron chi connectivity index (χ3n) is 6.25. The van der Waals surface area contributed by atoms with E-state index in [2.05, 4.69) is 5.32 Å². The lowest BCUT2D eigenvalue weighted by Gasteiger charge is -2.43. The van der Waals surface area contributed by atoms with Crippen LogP contribution in [-0.4, -0.2) is 47.1 Å². The van der Waals surface area contributed by atoms with Crippen molar-refractivity contribution in [2.45, 2.75) is 50.1 Å². The lowest BCUT2D eigenvalue weighted by Crippen LogP contribution is -2.57. The Morgan fingerprint density at radius 1 is 1.03 bits per heavy atom. The Balaban J connectivity index is 1.58. The summed E-state index contributed by atoms with van der Waals surface area (Å²) in [5, 5.41) is 13.3. The standard InChI is InChI=1S/C24H28N2O3/c27-16-21-22(23(28)25-15-14-17-8-2-1-3-9-17)19-12-6-7-13-20(19)24(29)26(21)18-10-4-5-11-18/h1-3,6-9,12-13,18,21-22,27H,4-5,10-11,14-16H2,(H,25,28)/t21-,22+/m0/s1. The largest absolute Gasteiger partial charge is 0.394 e. The molecule has 2 amide bonds. The van der Waals surface area contributed by atoms with E-state index in [9.17, 15) is 14.7 Å². The number of nitrogens with one attached hydrogen (secondary N) is 1. The molecule has 1 fully saturated rings. The zero-order chi connectivity index (χ0) is 20.2. The molecule has 2 N–H and O–H groups in total. The van der Waals surface area contributed by atoms with Crippen LogP contribution in [0.15, 0.2) is 54.6 Å². The summed E-state index contributed by atoms with van der Waals surface area (Å²) in [6.07, 6.45) is 4.79. The molecule has 0 bridgehead atoms. The molecule has 0 saturated heterocycles. The van der Waals surface area contributed by atoms with Crippen LogP contribution < -0.4 is 5.32 Å². The lowest BCUT2D eigenvalue weighted by atomic mass is 9.81. The topological polar surface area (TPSA) is 69.6 Å². The minimum absolute atomic E-state index is 0.0557. The minimum Gasteiger partial charge on any atom is -0.394 e. The molecule has 2 aliphatic rings. The number of nitrogens with zero attached hydrogens (tertiary/aromatic N) is 1. The number of hydrogen-bond donors (Lipinski definition) is 2. The van der Waals surface area contributed by atoms with E-state index in [1.807, 2.05) is 48.5 Å². The Hall–Kier alpha value is -2.66. The Morgan fingerprint density at radius 3 is 2.45 bits per heavy atom. The lowest BCUT2D eigenvalue weighted by molar-refractivity contribution is -0.124. The maximum Gasteiger partial charge on any atom is 0.254 e. The highest BCUT2D eigenvalue weighted by Crippen LogP contribution is 2.38. The molecule has 0 spiro atoms. The number of carbonyl (C=O) groups excluding carboxylic acids is 2. The SMILES string of the molecule is O=C(NCCc1ccccc1)[C@@H]1c2ccccc2C(=O)N(C2CCCC2)[C@H]1CO. The van der Waals surface area contributed by atoms with Crippen molar-refractivity contribution in [3.05, 3.63) is 71.3 Å². The van der Waals surface area contributed by atoms with Crippen molar-refractivity contribution in [3.8, 4) is 0 Å². The molecule has 1 saturated carbocycles. The summed E-state index contributed by atoms with van der Waals surface area (Å²) in [4.78, 5) is 28.3. The van der Waals surface area contributed by atoms with E-state index in [-0.39, 0.29) is 24.5 Å². The number of hydrogen-bond acceptors (Lipinski definition) is 3. The summed E-state index contributed by atoms with van der Waals surface area (Å²) in [5.74, 6) is -0.729. The van der Waals surface area contributed by atoms with Crippen LogP contribution in [0, 0.1) is 0 Å². The van der Waals surface area contributed by atoms with Gasteiger partial charge in [-0.05, 0) is 36.5 Å². The van der Waals surface area contributed by atoms with Gasteiger partial charge in [0.1, 0.15) is 0 Å². The Bertz CT molecular complexity index is 861. The fourth-order valence-electron chi connectivity index (χ4n) is 4.83. The highest BCUT2D eigenvalue weighted by molar-refractivity contribution is 6.01. The van der Waals surface area contributed by atoms with Crippen molar-refractivity contribution in [2.75, 3.05) is 13.2 Å². The minimum atomic E-state index is -0.551. The number of aliphatic hydroxyl groups excluding tert-OH is 1. The van der Waals surface area contributed by atoms with Crippen LogP contribution in [0.2, 0.25) is 0 Å². The second kappa shape index (κ2) is 8.78. The van der Waals surface area contributed by atoms with Crippen molar-refractivity contribution in [1.29, 1.82) is 0 Å². The molecule has 29 heavy (non-hydrogen) atoms. The molecule has 1 aliphatic carbocycles. The van der Waals surface area contributed by atoms with Gasteiger partial charge < -0.3 is 15.3 Å². The van der Waals surface area contributed by atoms with E-state index in [4.69, 9.17) is 0 Å². The van der Waals surface area contributed by atoms with E-state index < -0.39 is 12.0 Å². The van der Waals surface area contributed by atoms with Gasteiger partial charge in [0.15, 0.2) is 0 Å². The summed E-state index contributed by atoms with van der Waals surface area (Å²) in [6, 6.07) is 17.0. The molecule has 1 heterocycles. The van der Waals surface area contributed by atoms with Gasteiger partial charge in [-0.3, -0.25) is 9.59 Å². The normalized spacial score (nSPS) is 21.8. The Morgan fingerprint density at radius 2 is 1.72 bits per heavy atom. The second-order valence-corrected chi connectivity index (χ2v) is 7.99. The third-order valence-corrected chi connectivity index (χ3v) is 6.25. The first-order valence-corrected chi connectivity index (χ1v) is 10.5. The van der Waals surface area contributed by atoms with Crippen LogP contribution in [0.5, 0.6) is 0 Å². The van der Waals surface area contributed by atoms with E-state index in [1.54, 1.807) is 11.0 Å². The Kier molecular flexibility index (Phi) is 5.95. The smallest absolute Gasteiger partial charge is 0.254 e. The molecule has 1 aliphatic heterocycles. The first kappa shape index (κ1) is 19.6. The summed E-state index contributed by atoms with van der Waals surface area (Å²) in [5.41, 5.74) is 2.48. The van der Waals surface area contributed by atoms with Crippen molar-refractivity contribution in [3.63, 3.8) is 0 Å². The first-order chi connectivity index (χ1) is 14.2. The van der Waals surface area contributed by atoms with Crippen LogP contribution in [-0.2, 0) is 11.2 Å². The molecule has 5 nitrogen and oxygen atoms in total. The van der Waals surface area contributed by atoms with Gasteiger partial charge in [-0.2, -0.15) is 0 Å². The van der Waals surface area contributed by atoms with Gasteiger partial charge in [-0.15, -0.1) is 0 Å². The van der Waals surface area contributed by atoms with Gasteiger partial charge in [0.25, 0.3) is 5.91 Å². The van der Waals surface area contributed by atoms with Crippen molar-refractivity contribution >= 4 is 11.8 Å². The molecule has 4 rings (SSSR count). The Labute approximate surface area is 171 Å². The quantitative estimate of drug-likeness (QED) is 0.794. The monoisotopic (exact) mass is 392 g/mol. The van der Waals surface area contributed by atoms with E-state index in [0.717, 1.165) is 37.7 Å². The van der Waals surface area contributed by atoms with Gasteiger partial charge in [0, 0.05) is 18.2 Å². The predicted molar refractivity (Wildman–Crippen MR) is 112 cm³/mol. The zero-order valence-electron chi connectivity index (χ0n) is 16.6. The van der Waals surface area contributed by atoms with Gasteiger partial charge >= 0.3 is 0 Å². The summed E-state index contributed by atoms with van der Waals surface area (Å²) in [7, 11) is 0. The highest BCUT2D eigenvalue weighted by atomic mass is 16.3. The zero-order valence-corrected chi connectivity index (χ0v) is 16.6. The number of fused-ring (bicyclic) bond motifs is 1. The summed E-state index contributed by atoms with van der Waals surface area (Å²) in [6.45, 7) is 0.310. The molecule has 5 heteroatoms. The third kappa shape index (κ3) is 3.92. The van der Waals surface area contributed by atoms with Crippen LogP contribution in [0.4, 0.5) is 0 Å². The van der Waals surface area contributed by atoms with Crippen LogP contribution in [0.1, 0.15) is 53.1 Å². The fraction of sp³-hybridized carbons (Fsp3) is 0.417. The van der Waals surface area contributed by atoms with Crippen LogP contribution in [0.25, 0.3) is 0 Å². The molecule has 0 radical (unpaired) electrons. The number of benzene rings is 2. The molecular weight excluding hydrogens is 364 g/mol. The average molecular weight is 392 g/mol.